The molecule has 0 atom stereocenters. The van der Waals surface area contributed by atoms with Gasteiger partial charge in [-0.15, -0.1) is 0 Å². The molecule has 30 heavy (non-hydrogen) atoms. The van der Waals surface area contributed by atoms with Crippen LogP contribution in [0.5, 0.6) is 0 Å². The number of aromatic nitrogens is 3. The van der Waals surface area contributed by atoms with Gasteiger partial charge in [0.25, 0.3) is 0 Å². The van der Waals surface area contributed by atoms with Gasteiger partial charge in [0.1, 0.15) is 5.69 Å². The number of likely N-dealkylation sites (tertiary alicyclic amines) is 1. The second-order valence-electron chi connectivity index (χ2n) is 7.37. The molecule has 1 N–H and O–H groups in total. The van der Waals surface area contributed by atoms with Crippen molar-refractivity contribution >= 4 is 17.4 Å². The zero-order valence-corrected chi connectivity index (χ0v) is 16.7. The van der Waals surface area contributed by atoms with Crippen molar-refractivity contribution in [2.24, 2.45) is 0 Å². The van der Waals surface area contributed by atoms with E-state index in [1.165, 1.54) is 6.92 Å². The fraction of sp³-hybridized carbons (Fsp3) is 0.318. The van der Waals surface area contributed by atoms with Crippen LogP contribution in [-0.4, -0.2) is 51.3 Å². The van der Waals surface area contributed by atoms with Gasteiger partial charge in [0, 0.05) is 17.7 Å². The Bertz CT molecular complexity index is 1030. The van der Waals surface area contributed by atoms with E-state index < -0.39 is 0 Å². The Balaban J connectivity index is 1.30. The number of Topliss-reactive ketones (excluding diaryl/α,β-unsaturated/α-hetero) is 1. The van der Waals surface area contributed by atoms with Crippen molar-refractivity contribution in [2.75, 3.05) is 25.0 Å². The third-order valence-corrected chi connectivity index (χ3v) is 5.22. The highest BCUT2D eigenvalue weighted by Gasteiger charge is 2.26. The van der Waals surface area contributed by atoms with E-state index >= 15 is 0 Å². The van der Waals surface area contributed by atoms with Gasteiger partial charge in [0.15, 0.2) is 5.78 Å². The molecule has 0 saturated carbocycles. The van der Waals surface area contributed by atoms with Gasteiger partial charge < -0.3 is 9.84 Å². The predicted octanol–water partition coefficient (Wildman–Crippen LogP) is 3.15. The first-order valence-electron chi connectivity index (χ1n) is 9.97. The molecule has 3 heterocycles. The predicted molar refractivity (Wildman–Crippen MR) is 111 cm³/mol. The lowest BCUT2D eigenvalue weighted by atomic mass is 9.97. The van der Waals surface area contributed by atoms with Crippen LogP contribution >= 0.6 is 0 Å². The molecule has 0 unspecified atom stereocenters. The number of nitrogens with zero attached hydrogens (tertiary/aromatic N) is 4. The molecule has 4 rings (SSSR count). The van der Waals surface area contributed by atoms with Gasteiger partial charge >= 0.3 is 0 Å². The van der Waals surface area contributed by atoms with Crippen molar-refractivity contribution in [3.8, 4) is 11.5 Å². The first kappa shape index (κ1) is 19.9. The van der Waals surface area contributed by atoms with Crippen LogP contribution in [0.2, 0.25) is 0 Å². The van der Waals surface area contributed by atoms with Gasteiger partial charge in [-0.05, 0) is 57.1 Å². The summed E-state index contributed by atoms with van der Waals surface area (Å²) in [6.07, 6.45) is 3.37. The molecule has 1 aliphatic rings. The van der Waals surface area contributed by atoms with Crippen molar-refractivity contribution < 1.29 is 14.1 Å². The average molecular weight is 405 g/mol. The number of hydrogen-bond acceptors (Lipinski definition) is 7. The molecular weight excluding hydrogens is 382 g/mol. The summed E-state index contributed by atoms with van der Waals surface area (Å²) >= 11 is 0. The van der Waals surface area contributed by atoms with Crippen molar-refractivity contribution in [3.63, 3.8) is 0 Å². The Morgan fingerprint density at radius 2 is 1.90 bits per heavy atom. The lowest BCUT2D eigenvalue weighted by molar-refractivity contribution is -0.117. The number of hydrogen-bond donors (Lipinski definition) is 1. The summed E-state index contributed by atoms with van der Waals surface area (Å²) in [4.78, 5) is 35.0. The van der Waals surface area contributed by atoms with E-state index in [-0.39, 0.29) is 24.2 Å². The van der Waals surface area contributed by atoms with Gasteiger partial charge in [-0.25, -0.2) is 0 Å². The molecule has 1 fully saturated rings. The maximum atomic E-state index is 12.5. The largest absolute Gasteiger partial charge is 0.339 e. The number of amides is 1. The summed E-state index contributed by atoms with van der Waals surface area (Å²) in [6.45, 7) is 3.29. The Hall–Kier alpha value is -3.39. The van der Waals surface area contributed by atoms with Crippen LogP contribution in [0.3, 0.4) is 0 Å². The maximum Gasteiger partial charge on any atom is 0.238 e. The van der Waals surface area contributed by atoms with Crippen LogP contribution in [0, 0.1) is 0 Å². The summed E-state index contributed by atoms with van der Waals surface area (Å²) in [7, 11) is 0. The summed E-state index contributed by atoms with van der Waals surface area (Å²) in [5, 5.41) is 6.90. The van der Waals surface area contributed by atoms with Crippen LogP contribution < -0.4 is 5.32 Å². The number of nitrogens with one attached hydrogen (secondary N) is 1. The van der Waals surface area contributed by atoms with Crippen molar-refractivity contribution in [1.82, 2.24) is 20.0 Å². The molecule has 0 bridgehead atoms. The van der Waals surface area contributed by atoms with Crippen molar-refractivity contribution in [2.45, 2.75) is 25.7 Å². The normalized spacial score (nSPS) is 15.1. The molecule has 0 aliphatic carbocycles. The van der Waals surface area contributed by atoms with Crippen LogP contribution in [0.15, 0.2) is 53.2 Å². The number of carbonyl (C=O) groups is 2. The first-order valence-corrected chi connectivity index (χ1v) is 9.97. The number of ketones is 1. The quantitative estimate of drug-likeness (QED) is 0.629. The smallest absolute Gasteiger partial charge is 0.238 e. The van der Waals surface area contributed by atoms with Crippen LogP contribution in [0.25, 0.3) is 11.5 Å². The Kier molecular flexibility index (Phi) is 5.94. The molecule has 1 aromatic carbocycles. The minimum atomic E-state index is -0.127. The molecule has 1 aliphatic heterocycles. The molecular formula is C22H23N5O3. The molecule has 154 valence electrons. The third kappa shape index (κ3) is 4.60. The van der Waals surface area contributed by atoms with E-state index in [0.717, 1.165) is 25.9 Å². The van der Waals surface area contributed by atoms with Gasteiger partial charge in [0.2, 0.25) is 17.6 Å². The zero-order chi connectivity index (χ0) is 20.9. The summed E-state index contributed by atoms with van der Waals surface area (Å²) in [5.74, 6) is 1.09. The van der Waals surface area contributed by atoms with Gasteiger partial charge in [-0.3, -0.25) is 19.5 Å². The van der Waals surface area contributed by atoms with Crippen LogP contribution in [-0.2, 0) is 4.79 Å². The fourth-order valence-corrected chi connectivity index (χ4v) is 3.63. The Morgan fingerprint density at radius 1 is 1.13 bits per heavy atom. The molecule has 8 nitrogen and oxygen atoms in total. The number of benzene rings is 1. The molecule has 3 aromatic rings. The first-order chi connectivity index (χ1) is 14.6. The van der Waals surface area contributed by atoms with E-state index in [2.05, 4.69) is 25.3 Å². The fourth-order valence-electron chi connectivity index (χ4n) is 3.63. The highest BCUT2D eigenvalue weighted by molar-refractivity contribution is 6.04. The average Bonchev–Trinajstić information content (AvgIpc) is 3.25. The number of pyridine rings is 1. The maximum absolute atomic E-state index is 12.5. The highest BCUT2D eigenvalue weighted by Crippen LogP contribution is 2.28. The number of piperidine rings is 1. The minimum absolute atomic E-state index is 0.0728. The number of rotatable bonds is 6. The van der Waals surface area contributed by atoms with Crippen LogP contribution in [0.4, 0.5) is 5.69 Å². The number of para-hydroxylation sites is 1. The monoisotopic (exact) mass is 405 g/mol. The number of anilines is 1. The third-order valence-electron chi connectivity index (χ3n) is 5.22. The van der Waals surface area contributed by atoms with E-state index in [9.17, 15) is 9.59 Å². The summed E-state index contributed by atoms with van der Waals surface area (Å²) < 4.78 is 5.46. The zero-order valence-electron chi connectivity index (χ0n) is 16.7. The van der Waals surface area contributed by atoms with E-state index in [1.807, 2.05) is 18.2 Å². The van der Waals surface area contributed by atoms with E-state index in [4.69, 9.17) is 4.52 Å². The summed E-state index contributed by atoms with van der Waals surface area (Å²) in [6, 6.07) is 12.6. The second kappa shape index (κ2) is 8.96. The Labute approximate surface area is 174 Å². The minimum Gasteiger partial charge on any atom is -0.339 e. The molecule has 8 heteroatoms. The lowest BCUT2D eigenvalue weighted by Crippen LogP contribution is -2.38. The molecule has 0 radical (unpaired) electrons. The standard InChI is InChI=1S/C22H23N5O3/c1-15(28)17-6-2-3-7-18(17)24-20(29)14-27-12-9-16(10-13-27)22-25-21(26-30-22)19-8-4-5-11-23-19/h2-8,11,16H,9-10,12-14H2,1H3,(H,24,29). The topological polar surface area (TPSA) is 101 Å². The van der Waals surface area contributed by atoms with Gasteiger partial charge in [-0.1, -0.05) is 23.4 Å². The van der Waals surface area contributed by atoms with E-state index in [0.29, 0.717) is 28.7 Å². The highest BCUT2D eigenvalue weighted by atomic mass is 16.5. The van der Waals surface area contributed by atoms with Crippen molar-refractivity contribution in [3.05, 3.63) is 60.1 Å². The molecule has 1 saturated heterocycles. The SMILES string of the molecule is CC(=O)c1ccccc1NC(=O)CN1CCC(c2nc(-c3ccccn3)no2)CC1. The molecule has 1 amide bonds. The Morgan fingerprint density at radius 3 is 2.63 bits per heavy atom. The molecule has 2 aromatic heterocycles. The van der Waals surface area contributed by atoms with Crippen molar-refractivity contribution in [1.29, 1.82) is 0 Å². The van der Waals surface area contributed by atoms with Gasteiger partial charge in [-0.2, -0.15) is 4.98 Å². The van der Waals surface area contributed by atoms with Gasteiger partial charge in [0.05, 0.1) is 12.2 Å². The summed E-state index contributed by atoms with van der Waals surface area (Å²) in [5.41, 5.74) is 1.76. The molecule has 0 spiro atoms. The lowest BCUT2D eigenvalue weighted by Gasteiger charge is -2.29. The van der Waals surface area contributed by atoms with E-state index in [1.54, 1.807) is 30.5 Å². The second-order valence-corrected chi connectivity index (χ2v) is 7.37. The van der Waals surface area contributed by atoms with Crippen LogP contribution in [0.1, 0.15) is 41.9 Å². The number of carbonyl (C=O) groups excluding carboxylic acids is 2.